The molecule has 0 saturated carbocycles. The standard InChI is InChI=1S/C19H22N4O3/c24-19(21-14-16-7-3-4-10-20-16)15-8-9-17(18(13-15)23(25)26)22-11-5-1-2-6-12-22/h3-4,7-10,13H,1-2,5-6,11-12,14H2,(H,21,24). The first-order valence-corrected chi connectivity index (χ1v) is 8.86. The Labute approximate surface area is 152 Å². The molecular formula is C19H22N4O3. The van der Waals surface area contributed by atoms with E-state index in [2.05, 4.69) is 15.2 Å². The summed E-state index contributed by atoms with van der Waals surface area (Å²) in [6, 6.07) is 10.2. The molecule has 1 saturated heterocycles. The van der Waals surface area contributed by atoms with Crippen LogP contribution in [0.15, 0.2) is 42.6 Å². The fraction of sp³-hybridized carbons (Fsp3) is 0.368. The molecule has 1 fully saturated rings. The van der Waals surface area contributed by atoms with Gasteiger partial charge >= 0.3 is 0 Å². The Morgan fingerprint density at radius 1 is 1.15 bits per heavy atom. The molecule has 0 spiro atoms. The summed E-state index contributed by atoms with van der Waals surface area (Å²) in [5.41, 5.74) is 1.60. The number of hydrogen-bond acceptors (Lipinski definition) is 5. The molecule has 1 amide bonds. The fourth-order valence-electron chi connectivity index (χ4n) is 3.17. The van der Waals surface area contributed by atoms with Gasteiger partial charge in [-0.3, -0.25) is 19.9 Å². The molecule has 1 aliphatic heterocycles. The van der Waals surface area contributed by atoms with Gasteiger partial charge in [-0.2, -0.15) is 0 Å². The van der Waals surface area contributed by atoms with Crippen molar-refractivity contribution >= 4 is 17.3 Å². The van der Waals surface area contributed by atoms with Crippen LogP contribution in [-0.2, 0) is 6.54 Å². The van der Waals surface area contributed by atoms with Crippen LogP contribution >= 0.6 is 0 Å². The summed E-state index contributed by atoms with van der Waals surface area (Å²) >= 11 is 0. The first-order valence-electron chi connectivity index (χ1n) is 8.86. The Kier molecular flexibility index (Phi) is 5.78. The van der Waals surface area contributed by atoms with Gasteiger partial charge in [-0.05, 0) is 37.1 Å². The van der Waals surface area contributed by atoms with Crippen molar-refractivity contribution in [1.29, 1.82) is 0 Å². The Morgan fingerprint density at radius 2 is 1.92 bits per heavy atom. The molecule has 2 aromatic rings. The Hall–Kier alpha value is -2.96. The fourth-order valence-corrected chi connectivity index (χ4v) is 3.17. The van der Waals surface area contributed by atoms with Crippen LogP contribution in [0.2, 0.25) is 0 Å². The molecule has 7 nitrogen and oxygen atoms in total. The van der Waals surface area contributed by atoms with Crippen LogP contribution in [0.3, 0.4) is 0 Å². The highest BCUT2D eigenvalue weighted by Crippen LogP contribution is 2.31. The molecule has 1 aromatic carbocycles. The summed E-state index contributed by atoms with van der Waals surface area (Å²) < 4.78 is 0. The largest absolute Gasteiger partial charge is 0.366 e. The second-order valence-corrected chi connectivity index (χ2v) is 6.37. The monoisotopic (exact) mass is 354 g/mol. The molecule has 1 aliphatic rings. The highest BCUT2D eigenvalue weighted by Gasteiger charge is 2.22. The molecule has 1 N–H and O–H groups in total. The predicted molar refractivity (Wildman–Crippen MR) is 99.2 cm³/mol. The number of carbonyl (C=O) groups is 1. The molecule has 0 bridgehead atoms. The van der Waals surface area contributed by atoms with E-state index in [1.165, 1.54) is 6.07 Å². The third kappa shape index (κ3) is 4.36. The van der Waals surface area contributed by atoms with Crippen LogP contribution in [-0.4, -0.2) is 28.9 Å². The van der Waals surface area contributed by atoms with Gasteiger partial charge in [0.2, 0.25) is 0 Å². The number of nitrogens with zero attached hydrogens (tertiary/aromatic N) is 3. The maximum Gasteiger partial charge on any atom is 0.293 e. The van der Waals surface area contributed by atoms with Gasteiger partial charge in [0.25, 0.3) is 11.6 Å². The van der Waals surface area contributed by atoms with E-state index < -0.39 is 4.92 Å². The van der Waals surface area contributed by atoms with Gasteiger partial charge in [0.15, 0.2) is 0 Å². The minimum atomic E-state index is -0.407. The number of rotatable bonds is 5. The number of nitro groups is 1. The molecule has 26 heavy (non-hydrogen) atoms. The number of aromatic nitrogens is 1. The number of benzene rings is 1. The number of pyridine rings is 1. The van der Waals surface area contributed by atoms with E-state index in [0.29, 0.717) is 5.69 Å². The van der Waals surface area contributed by atoms with Crippen LogP contribution in [0.4, 0.5) is 11.4 Å². The summed E-state index contributed by atoms with van der Waals surface area (Å²) in [5, 5.41) is 14.3. The van der Waals surface area contributed by atoms with Crippen molar-refractivity contribution in [2.24, 2.45) is 0 Å². The van der Waals surface area contributed by atoms with E-state index in [0.717, 1.165) is 44.5 Å². The Balaban J connectivity index is 1.77. The highest BCUT2D eigenvalue weighted by molar-refractivity contribution is 5.95. The highest BCUT2D eigenvalue weighted by atomic mass is 16.6. The minimum Gasteiger partial charge on any atom is -0.366 e. The zero-order valence-corrected chi connectivity index (χ0v) is 14.6. The van der Waals surface area contributed by atoms with E-state index in [1.54, 1.807) is 24.4 Å². The lowest BCUT2D eigenvalue weighted by molar-refractivity contribution is -0.384. The number of anilines is 1. The topological polar surface area (TPSA) is 88.4 Å². The molecule has 0 atom stereocenters. The van der Waals surface area contributed by atoms with Gasteiger partial charge in [0.05, 0.1) is 17.2 Å². The van der Waals surface area contributed by atoms with E-state index in [9.17, 15) is 14.9 Å². The molecule has 1 aromatic heterocycles. The van der Waals surface area contributed by atoms with Gasteiger partial charge in [-0.25, -0.2) is 0 Å². The smallest absolute Gasteiger partial charge is 0.293 e. The summed E-state index contributed by atoms with van der Waals surface area (Å²) in [7, 11) is 0. The molecule has 3 rings (SSSR count). The van der Waals surface area contributed by atoms with Crippen molar-refractivity contribution in [2.75, 3.05) is 18.0 Å². The lowest BCUT2D eigenvalue weighted by Crippen LogP contribution is -2.26. The van der Waals surface area contributed by atoms with Crippen molar-refractivity contribution in [2.45, 2.75) is 32.2 Å². The van der Waals surface area contributed by atoms with Crippen molar-refractivity contribution < 1.29 is 9.72 Å². The van der Waals surface area contributed by atoms with E-state index in [-0.39, 0.29) is 23.7 Å². The third-order valence-corrected chi connectivity index (χ3v) is 4.54. The SMILES string of the molecule is O=C(NCc1ccccn1)c1ccc(N2CCCCCC2)c([N+](=O)[O-])c1. The average molecular weight is 354 g/mol. The molecule has 7 heteroatoms. The van der Waals surface area contributed by atoms with Crippen molar-refractivity contribution in [1.82, 2.24) is 10.3 Å². The number of carbonyl (C=O) groups excluding carboxylic acids is 1. The Bertz CT molecular complexity index is 772. The van der Waals surface area contributed by atoms with E-state index in [4.69, 9.17) is 0 Å². The predicted octanol–water partition coefficient (Wildman–Crippen LogP) is 3.30. The van der Waals surface area contributed by atoms with E-state index >= 15 is 0 Å². The number of nitro benzene ring substituents is 1. The molecule has 0 unspecified atom stereocenters. The summed E-state index contributed by atoms with van der Waals surface area (Å²) in [6.45, 7) is 1.90. The second kappa shape index (κ2) is 8.42. The van der Waals surface area contributed by atoms with Gasteiger partial charge < -0.3 is 10.2 Å². The van der Waals surface area contributed by atoms with Crippen LogP contribution in [0.25, 0.3) is 0 Å². The minimum absolute atomic E-state index is 0.0163. The first kappa shape index (κ1) is 17.8. The van der Waals surface area contributed by atoms with E-state index in [1.807, 2.05) is 12.1 Å². The lowest BCUT2D eigenvalue weighted by atomic mass is 10.1. The summed E-state index contributed by atoms with van der Waals surface area (Å²) in [6.07, 6.45) is 6.02. The average Bonchev–Trinajstić information content (AvgIpc) is 2.96. The maximum absolute atomic E-state index is 12.4. The third-order valence-electron chi connectivity index (χ3n) is 4.54. The van der Waals surface area contributed by atoms with Crippen LogP contribution in [0.5, 0.6) is 0 Å². The second-order valence-electron chi connectivity index (χ2n) is 6.37. The van der Waals surface area contributed by atoms with Gasteiger partial charge in [0.1, 0.15) is 5.69 Å². The molecule has 0 radical (unpaired) electrons. The molecule has 136 valence electrons. The molecule has 2 heterocycles. The van der Waals surface area contributed by atoms with Crippen molar-refractivity contribution in [3.63, 3.8) is 0 Å². The number of hydrogen-bond donors (Lipinski definition) is 1. The molecular weight excluding hydrogens is 332 g/mol. The van der Waals surface area contributed by atoms with Crippen molar-refractivity contribution in [3.8, 4) is 0 Å². The van der Waals surface area contributed by atoms with Crippen LogP contribution in [0, 0.1) is 10.1 Å². The van der Waals surface area contributed by atoms with Gasteiger partial charge in [0, 0.05) is 30.9 Å². The zero-order chi connectivity index (χ0) is 18.4. The van der Waals surface area contributed by atoms with Gasteiger partial charge in [-0.1, -0.05) is 18.9 Å². The first-order chi connectivity index (χ1) is 12.6. The quantitative estimate of drug-likeness (QED) is 0.657. The number of nitrogens with one attached hydrogen (secondary N) is 1. The maximum atomic E-state index is 12.4. The Morgan fingerprint density at radius 3 is 2.58 bits per heavy atom. The van der Waals surface area contributed by atoms with Crippen LogP contribution in [0.1, 0.15) is 41.7 Å². The summed E-state index contributed by atoms with van der Waals surface area (Å²) in [5.74, 6) is -0.346. The van der Waals surface area contributed by atoms with Crippen molar-refractivity contribution in [3.05, 3.63) is 64.0 Å². The summed E-state index contributed by atoms with van der Waals surface area (Å²) in [4.78, 5) is 29.7. The normalized spacial score (nSPS) is 14.5. The van der Waals surface area contributed by atoms with Gasteiger partial charge in [-0.15, -0.1) is 0 Å². The molecule has 0 aliphatic carbocycles. The van der Waals surface area contributed by atoms with Crippen LogP contribution < -0.4 is 10.2 Å². The lowest BCUT2D eigenvalue weighted by Gasteiger charge is -2.22. The zero-order valence-electron chi connectivity index (χ0n) is 14.6. The number of amides is 1.